The van der Waals surface area contributed by atoms with Gasteiger partial charge in [0.25, 0.3) is 0 Å². The Morgan fingerprint density at radius 1 is 1.00 bits per heavy atom. The van der Waals surface area contributed by atoms with Crippen molar-refractivity contribution >= 4 is 51.4 Å². The van der Waals surface area contributed by atoms with Gasteiger partial charge in [0.2, 0.25) is 0 Å². The monoisotopic (exact) mass is 93.0 g/mol. The van der Waals surface area contributed by atoms with Crippen LogP contribution >= 0.6 is 0 Å². The Morgan fingerprint density at radius 2 is 1.20 bits per heavy atom. The molecule has 0 aliphatic carbocycles. The number of allylic oxidation sites excluding steroid dienone is 2. The van der Waals surface area contributed by atoms with Gasteiger partial charge in [0.15, 0.2) is 0 Å². The topological polar surface area (TPSA) is 0 Å². The van der Waals surface area contributed by atoms with Gasteiger partial charge < -0.3 is 0 Å². The van der Waals surface area contributed by atoms with E-state index in [0.29, 0.717) is 0 Å². The summed E-state index contributed by atoms with van der Waals surface area (Å²) in [6.45, 7) is 6.72. The molecule has 0 unspecified atom stereocenters. The molecular formula is C4H6K. The summed E-state index contributed by atoms with van der Waals surface area (Å²) < 4.78 is 0. The van der Waals surface area contributed by atoms with Crippen molar-refractivity contribution in [3.63, 3.8) is 0 Å². The standard InChI is InChI=1S/C4H6.K/c1-3-4-2;/h3-4H,1-2H2;. The van der Waals surface area contributed by atoms with Crippen molar-refractivity contribution in [3.05, 3.63) is 25.3 Å². The Kier molecular flexibility index (Phi) is 16.9. The summed E-state index contributed by atoms with van der Waals surface area (Å²) in [5, 5.41) is 0. The van der Waals surface area contributed by atoms with Crippen LogP contribution in [-0.4, -0.2) is 51.4 Å². The predicted molar refractivity (Wildman–Crippen MR) is 26.1 cm³/mol. The molecule has 0 spiro atoms. The molecule has 0 saturated heterocycles. The molecule has 0 amide bonds. The molecule has 0 saturated carbocycles. The number of hydrogen-bond acceptors (Lipinski definition) is 0. The maximum Gasteiger partial charge on any atom is 0 e. The van der Waals surface area contributed by atoms with Crippen molar-refractivity contribution in [3.8, 4) is 0 Å². The van der Waals surface area contributed by atoms with Crippen LogP contribution in [0.15, 0.2) is 25.3 Å². The molecule has 0 N–H and O–H groups in total. The third-order valence-corrected chi connectivity index (χ3v) is 0.167. The van der Waals surface area contributed by atoms with E-state index < -0.39 is 0 Å². The molecule has 5 heavy (non-hydrogen) atoms. The first kappa shape index (κ1) is 9.45. The van der Waals surface area contributed by atoms with E-state index in [-0.39, 0.29) is 51.4 Å². The van der Waals surface area contributed by atoms with Crippen LogP contribution in [0.2, 0.25) is 0 Å². The van der Waals surface area contributed by atoms with Gasteiger partial charge in [-0.15, -0.1) is 0 Å². The molecule has 1 heteroatoms. The van der Waals surface area contributed by atoms with Crippen LogP contribution in [-0.2, 0) is 0 Å². The second-order valence-corrected chi connectivity index (χ2v) is 0.471. The van der Waals surface area contributed by atoms with Gasteiger partial charge in [0, 0.05) is 51.4 Å². The van der Waals surface area contributed by atoms with Gasteiger partial charge in [0.05, 0.1) is 0 Å². The van der Waals surface area contributed by atoms with Crippen molar-refractivity contribution in [1.82, 2.24) is 0 Å². The van der Waals surface area contributed by atoms with E-state index in [0.717, 1.165) is 0 Å². The van der Waals surface area contributed by atoms with Crippen LogP contribution in [0, 0.1) is 0 Å². The fourth-order valence-electron chi connectivity index (χ4n) is 0. The van der Waals surface area contributed by atoms with E-state index in [2.05, 4.69) is 13.2 Å². The number of hydrogen-bond donors (Lipinski definition) is 0. The Morgan fingerprint density at radius 3 is 1.20 bits per heavy atom. The molecular weight excluding hydrogens is 87.1 g/mol. The van der Waals surface area contributed by atoms with Crippen LogP contribution in [0.1, 0.15) is 0 Å². The minimum Gasteiger partial charge on any atom is -0.0991 e. The van der Waals surface area contributed by atoms with E-state index in [1.165, 1.54) is 0 Å². The first-order valence-electron chi connectivity index (χ1n) is 1.15. The Balaban J connectivity index is 0. The summed E-state index contributed by atoms with van der Waals surface area (Å²) in [6, 6.07) is 0. The normalized spacial score (nSPS) is 4.00. The fraction of sp³-hybridized carbons (Fsp3) is 0. The van der Waals surface area contributed by atoms with Gasteiger partial charge in [0.1, 0.15) is 0 Å². The summed E-state index contributed by atoms with van der Waals surface area (Å²) >= 11 is 0. The van der Waals surface area contributed by atoms with Gasteiger partial charge in [-0.2, -0.15) is 0 Å². The third-order valence-electron chi connectivity index (χ3n) is 0.167. The molecule has 0 aliphatic rings. The van der Waals surface area contributed by atoms with Gasteiger partial charge in [-0.05, 0) is 0 Å². The predicted octanol–water partition coefficient (Wildman–Crippen LogP) is 0.978. The van der Waals surface area contributed by atoms with E-state index in [1.807, 2.05) is 0 Å². The summed E-state index contributed by atoms with van der Waals surface area (Å²) in [5.41, 5.74) is 0. The molecule has 0 aromatic rings. The Hall–Kier alpha value is 1.12. The van der Waals surface area contributed by atoms with Gasteiger partial charge >= 0.3 is 0 Å². The van der Waals surface area contributed by atoms with E-state index in [1.54, 1.807) is 12.2 Å². The summed E-state index contributed by atoms with van der Waals surface area (Å²) in [5.74, 6) is 0. The zero-order chi connectivity index (χ0) is 3.41. The second-order valence-electron chi connectivity index (χ2n) is 0.471. The van der Waals surface area contributed by atoms with Crippen LogP contribution in [0.3, 0.4) is 0 Å². The average molecular weight is 93.2 g/mol. The molecule has 0 aromatic carbocycles. The first-order valence-corrected chi connectivity index (χ1v) is 1.15. The maximum absolute atomic E-state index is 3.36. The van der Waals surface area contributed by atoms with Crippen LogP contribution in [0.5, 0.6) is 0 Å². The van der Waals surface area contributed by atoms with Crippen LogP contribution in [0.25, 0.3) is 0 Å². The van der Waals surface area contributed by atoms with Gasteiger partial charge in [-0.1, -0.05) is 25.3 Å². The number of rotatable bonds is 1. The molecule has 0 fully saturated rings. The van der Waals surface area contributed by atoms with Crippen LogP contribution < -0.4 is 0 Å². The molecule has 0 rings (SSSR count). The molecule has 0 bridgehead atoms. The molecule has 23 valence electrons. The van der Waals surface area contributed by atoms with E-state index in [9.17, 15) is 0 Å². The zero-order valence-electron chi connectivity index (χ0n) is 3.57. The minimum atomic E-state index is 0. The minimum absolute atomic E-state index is 0. The van der Waals surface area contributed by atoms with Crippen molar-refractivity contribution in [2.75, 3.05) is 0 Å². The van der Waals surface area contributed by atoms with Crippen molar-refractivity contribution in [1.29, 1.82) is 0 Å². The molecule has 0 atom stereocenters. The molecule has 0 aromatic heterocycles. The average Bonchev–Trinajstić information content (AvgIpc) is 1.37. The first-order chi connectivity index (χ1) is 1.91. The molecule has 0 aliphatic heterocycles. The quantitative estimate of drug-likeness (QED) is 0.335. The van der Waals surface area contributed by atoms with Crippen molar-refractivity contribution in [2.24, 2.45) is 0 Å². The van der Waals surface area contributed by atoms with Crippen LogP contribution in [0.4, 0.5) is 0 Å². The van der Waals surface area contributed by atoms with E-state index >= 15 is 0 Å². The SMILES string of the molecule is C=CC=C.[K]. The Bertz CT molecular complexity index is 24.6. The smallest absolute Gasteiger partial charge is 0 e. The third kappa shape index (κ3) is 11.1. The zero-order valence-corrected chi connectivity index (χ0v) is 6.69. The summed E-state index contributed by atoms with van der Waals surface area (Å²) in [6.07, 6.45) is 3.28. The summed E-state index contributed by atoms with van der Waals surface area (Å²) in [4.78, 5) is 0. The second kappa shape index (κ2) is 8.93. The van der Waals surface area contributed by atoms with Crippen molar-refractivity contribution < 1.29 is 0 Å². The van der Waals surface area contributed by atoms with E-state index in [4.69, 9.17) is 0 Å². The van der Waals surface area contributed by atoms with Gasteiger partial charge in [-0.3, -0.25) is 0 Å². The maximum atomic E-state index is 3.36. The summed E-state index contributed by atoms with van der Waals surface area (Å²) in [7, 11) is 0. The molecule has 0 nitrogen and oxygen atoms in total. The Labute approximate surface area is 75.4 Å². The molecule has 0 heterocycles. The van der Waals surface area contributed by atoms with Gasteiger partial charge in [-0.25, -0.2) is 0 Å². The molecule has 1 radical (unpaired) electrons. The largest absolute Gasteiger partial charge is 0.0991 e. The fourth-order valence-corrected chi connectivity index (χ4v) is 0. The van der Waals surface area contributed by atoms with Crippen molar-refractivity contribution in [2.45, 2.75) is 0 Å².